The maximum atomic E-state index is 13.0. The average molecular weight is 271 g/mol. The van der Waals surface area contributed by atoms with Crippen molar-refractivity contribution in [3.8, 4) is 17.6 Å². The lowest BCUT2D eigenvalue weighted by molar-refractivity contribution is 0.471. The van der Waals surface area contributed by atoms with Crippen LogP contribution in [0.3, 0.4) is 0 Å². The van der Waals surface area contributed by atoms with Crippen LogP contribution in [-0.2, 0) is 0 Å². The molecule has 0 unspecified atom stereocenters. The highest BCUT2D eigenvalue weighted by Gasteiger charge is 2.01. The second-order valence-electron chi connectivity index (χ2n) is 3.75. The van der Waals surface area contributed by atoms with Crippen molar-refractivity contribution >= 4 is 0 Å². The maximum absolute atomic E-state index is 13.0. The summed E-state index contributed by atoms with van der Waals surface area (Å²) in [6.45, 7) is 1.67. The Morgan fingerprint density at radius 3 is 2.90 bits per heavy atom. The smallest absolute Gasteiger partial charge is 0.148 e. The van der Waals surface area contributed by atoms with Crippen LogP contribution in [0.1, 0.15) is 11.3 Å². The largest absolute Gasteiger partial charge is 0.454 e. The zero-order valence-corrected chi connectivity index (χ0v) is 10.5. The molecule has 0 radical (unpaired) electrons. The van der Waals surface area contributed by atoms with Gasteiger partial charge in [-0.25, -0.2) is 9.37 Å². The molecule has 0 atom stereocenters. The van der Waals surface area contributed by atoms with Gasteiger partial charge in [0.25, 0.3) is 0 Å². The Kier molecular flexibility index (Phi) is 4.19. The van der Waals surface area contributed by atoms with Crippen LogP contribution in [-0.4, -0.2) is 20.2 Å². The first-order chi connectivity index (χ1) is 9.69. The summed E-state index contributed by atoms with van der Waals surface area (Å²) in [6.07, 6.45) is 5.14. The molecule has 20 heavy (non-hydrogen) atoms. The fourth-order valence-corrected chi connectivity index (χ4v) is 1.36. The molecule has 2 heterocycles. The number of rotatable bonds is 2. The maximum Gasteiger partial charge on any atom is 0.148 e. The summed E-state index contributed by atoms with van der Waals surface area (Å²) in [4.78, 5) is 7.64. The number of H-pyrrole nitrogens is 1. The standard InChI is InChI=1S/C13H10FN5O/c1-9-10(4-15)2-12(7-18-19-8-17-9)20-13-3-11(14)5-16-6-13/h2-3,5-8,18H,1H3. The summed E-state index contributed by atoms with van der Waals surface area (Å²) in [6, 6.07) is 4.67. The Labute approximate surface area is 114 Å². The minimum absolute atomic E-state index is 0.212. The van der Waals surface area contributed by atoms with Crippen molar-refractivity contribution in [3.05, 3.63) is 54.1 Å². The zero-order valence-electron chi connectivity index (χ0n) is 10.5. The van der Waals surface area contributed by atoms with Crippen molar-refractivity contribution in [1.29, 1.82) is 5.26 Å². The summed E-state index contributed by atoms with van der Waals surface area (Å²) >= 11 is 0. The second-order valence-corrected chi connectivity index (χ2v) is 3.75. The lowest BCUT2D eigenvalue weighted by Crippen LogP contribution is -1.88. The van der Waals surface area contributed by atoms with E-state index in [1.807, 2.05) is 6.07 Å². The summed E-state index contributed by atoms with van der Waals surface area (Å²) in [7, 11) is 0. The summed E-state index contributed by atoms with van der Waals surface area (Å²) in [5.41, 5.74) is 0.808. The van der Waals surface area contributed by atoms with E-state index in [1.165, 1.54) is 30.9 Å². The Bertz CT molecular complexity index is 706. The van der Waals surface area contributed by atoms with E-state index in [4.69, 9.17) is 10.00 Å². The van der Waals surface area contributed by atoms with E-state index < -0.39 is 5.82 Å². The first kappa shape index (κ1) is 13.4. The van der Waals surface area contributed by atoms with Gasteiger partial charge in [0.05, 0.1) is 29.8 Å². The Morgan fingerprint density at radius 2 is 2.15 bits per heavy atom. The van der Waals surface area contributed by atoms with Crippen molar-refractivity contribution in [1.82, 2.24) is 20.2 Å². The van der Waals surface area contributed by atoms with Crippen molar-refractivity contribution < 1.29 is 9.13 Å². The molecule has 0 aliphatic rings. The molecule has 6 nitrogen and oxygen atoms in total. The summed E-state index contributed by atoms with van der Waals surface area (Å²) in [5.74, 6) is -0.0219. The third kappa shape index (κ3) is 3.49. The van der Waals surface area contributed by atoms with Crippen LogP contribution in [0.4, 0.5) is 4.39 Å². The minimum Gasteiger partial charge on any atom is -0.454 e. The van der Waals surface area contributed by atoms with Crippen LogP contribution in [0.15, 0.2) is 37.1 Å². The van der Waals surface area contributed by atoms with E-state index in [0.29, 0.717) is 11.3 Å². The molecule has 0 saturated carbocycles. The van der Waals surface area contributed by atoms with E-state index in [9.17, 15) is 4.39 Å². The van der Waals surface area contributed by atoms with Gasteiger partial charge in [0, 0.05) is 12.1 Å². The van der Waals surface area contributed by atoms with Crippen molar-refractivity contribution in [2.24, 2.45) is 0 Å². The topological polar surface area (TPSA) is 87.5 Å². The quantitative estimate of drug-likeness (QED) is 0.906. The van der Waals surface area contributed by atoms with E-state index >= 15 is 0 Å². The van der Waals surface area contributed by atoms with Crippen LogP contribution in [0.25, 0.3) is 0 Å². The van der Waals surface area contributed by atoms with Crippen molar-refractivity contribution in [2.75, 3.05) is 0 Å². The third-order valence-electron chi connectivity index (χ3n) is 2.30. The van der Waals surface area contributed by atoms with Gasteiger partial charge in [0.2, 0.25) is 0 Å². The van der Waals surface area contributed by atoms with E-state index in [2.05, 4.69) is 20.2 Å². The van der Waals surface area contributed by atoms with Gasteiger partial charge in [0.15, 0.2) is 0 Å². The number of nitrogens with zero attached hydrogens (tertiary/aromatic N) is 4. The molecule has 2 aromatic rings. The van der Waals surface area contributed by atoms with Crippen LogP contribution >= 0.6 is 0 Å². The zero-order chi connectivity index (χ0) is 14.4. The number of halogens is 1. The number of aryl methyl sites for hydroxylation is 1. The molecule has 0 amide bonds. The fraction of sp³-hybridized carbons (Fsp3) is 0.0769. The SMILES string of the molecule is Cc1ncn[nH]cc(Oc2cncc(F)c2)cc1C#N. The van der Waals surface area contributed by atoms with Crippen molar-refractivity contribution in [2.45, 2.75) is 6.92 Å². The molecule has 0 bridgehead atoms. The van der Waals surface area contributed by atoms with E-state index in [1.54, 1.807) is 6.92 Å². The minimum atomic E-state index is -0.514. The molecule has 2 rings (SSSR count). The molecule has 0 aliphatic carbocycles. The van der Waals surface area contributed by atoms with E-state index in [0.717, 1.165) is 6.20 Å². The lowest BCUT2D eigenvalue weighted by atomic mass is 10.2. The molecular weight excluding hydrogens is 261 g/mol. The first-order valence-corrected chi connectivity index (χ1v) is 5.61. The summed E-state index contributed by atoms with van der Waals surface area (Å²) < 4.78 is 18.5. The Hall–Kier alpha value is -3.01. The number of pyridine rings is 1. The lowest BCUT2D eigenvalue weighted by Gasteiger charge is -2.03. The van der Waals surface area contributed by atoms with Crippen LogP contribution in [0, 0.1) is 24.1 Å². The number of aromatic nitrogens is 4. The van der Waals surface area contributed by atoms with Crippen LogP contribution < -0.4 is 4.74 Å². The monoisotopic (exact) mass is 271 g/mol. The highest BCUT2D eigenvalue weighted by molar-refractivity contribution is 5.37. The third-order valence-corrected chi connectivity index (χ3v) is 2.30. The van der Waals surface area contributed by atoms with Gasteiger partial charge in [-0.3, -0.25) is 10.1 Å². The second kappa shape index (κ2) is 6.24. The molecule has 0 saturated heterocycles. The molecular formula is C13H10FN5O. The van der Waals surface area contributed by atoms with Crippen molar-refractivity contribution in [3.63, 3.8) is 0 Å². The molecule has 0 aliphatic heterocycles. The number of aromatic amines is 1. The number of nitriles is 1. The van der Waals surface area contributed by atoms with Gasteiger partial charge in [-0.05, 0) is 6.92 Å². The molecule has 0 spiro atoms. The van der Waals surface area contributed by atoms with Gasteiger partial charge in [0.1, 0.15) is 29.7 Å². The fourth-order valence-electron chi connectivity index (χ4n) is 1.36. The highest BCUT2D eigenvalue weighted by atomic mass is 19.1. The number of hydrogen-bond acceptors (Lipinski definition) is 5. The van der Waals surface area contributed by atoms with Gasteiger partial charge < -0.3 is 4.74 Å². The van der Waals surface area contributed by atoms with Crippen LogP contribution in [0.2, 0.25) is 0 Å². The number of hydrogen-bond donors (Lipinski definition) is 1. The van der Waals surface area contributed by atoms with Gasteiger partial charge in [-0.2, -0.15) is 10.4 Å². The molecule has 7 heteroatoms. The average Bonchev–Trinajstić information content (AvgIpc) is 2.51. The molecule has 100 valence electrons. The van der Waals surface area contributed by atoms with Gasteiger partial charge >= 0.3 is 0 Å². The molecule has 0 fully saturated rings. The van der Waals surface area contributed by atoms with E-state index in [-0.39, 0.29) is 11.5 Å². The van der Waals surface area contributed by atoms with Gasteiger partial charge in [-0.15, -0.1) is 0 Å². The molecule has 0 aromatic carbocycles. The Morgan fingerprint density at radius 1 is 1.30 bits per heavy atom. The predicted molar refractivity (Wildman–Crippen MR) is 67.7 cm³/mol. The normalized spacial score (nSPS) is 9.45. The molecule has 1 N–H and O–H groups in total. The highest BCUT2D eigenvalue weighted by Crippen LogP contribution is 2.20. The van der Waals surface area contributed by atoms with Crippen LogP contribution in [0.5, 0.6) is 11.5 Å². The Balaban J connectivity index is 2.47. The number of nitrogens with one attached hydrogen (secondary N) is 1. The first-order valence-electron chi connectivity index (χ1n) is 5.61. The molecule has 2 aromatic heterocycles. The number of ether oxygens (including phenoxy) is 1. The summed E-state index contributed by atoms with van der Waals surface area (Å²) in [5, 5.41) is 15.4. The predicted octanol–water partition coefficient (Wildman–Crippen LogP) is 2.44. The van der Waals surface area contributed by atoms with Gasteiger partial charge in [-0.1, -0.05) is 0 Å².